The van der Waals surface area contributed by atoms with Crippen molar-refractivity contribution in [3.05, 3.63) is 65.5 Å². The van der Waals surface area contributed by atoms with E-state index in [2.05, 4.69) is 67.6 Å². The van der Waals surface area contributed by atoms with E-state index in [0.717, 1.165) is 17.5 Å². The largest absolute Gasteiger partial charge is 0.334 e. The van der Waals surface area contributed by atoms with Crippen LogP contribution in [0.3, 0.4) is 0 Å². The summed E-state index contributed by atoms with van der Waals surface area (Å²) in [6.45, 7) is 9.18. The van der Waals surface area contributed by atoms with E-state index < -0.39 is 0 Å². The number of benzene rings is 1. The Morgan fingerprint density at radius 1 is 0.960 bits per heavy atom. The third kappa shape index (κ3) is 6.22. The van der Waals surface area contributed by atoms with Crippen molar-refractivity contribution in [2.45, 2.75) is 46.7 Å². The van der Waals surface area contributed by atoms with Crippen LogP contribution in [0.5, 0.6) is 0 Å². The summed E-state index contributed by atoms with van der Waals surface area (Å²) in [5, 5.41) is 6.01. The molecule has 0 fully saturated rings. The van der Waals surface area contributed by atoms with Gasteiger partial charge in [0.2, 0.25) is 0 Å². The van der Waals surface area contributed by atoms with Gasteiger partial charge in [-0.3, -0.25) is 4.98 Å². The Kier molecular flexibility index (Phi) is 6.99. The van der Waals surface area contributed by atoms with Crippen LogP contribution < -0.4 is 10.6 Å². The zero-order valence-electron chi connectivity index (χ0n) is 15.6. The predicted octanol–water partition coefficient (Wildman–Crippen LogP) is 4.48. The molecular formula is C21H29N3O. The molecule has 0 aliphatic heterocycles. The van der Waals surface area contributed by atoms with Crippen LogP contribution in [0.15, 0.2) is 48.8 Å². The first-order valence-electron chi connectivity index (χ1n) is 8.97. The molecule has 2 N–H and O–H groups in total. The fourth-order valence-corrected chi connectivity index (χ4v) is 2.84. The summed E-state index contributed by atoms with van der Waals surface area (Å²) in [5.74, 6) is 0.950. The van der Waals surface area contributed by atoms with Gasteiger partial charge in [0.15, 0.2) is 0 Å². The molecule has 0 bridgehead atoms. The van der Waals surface area contributed by atoms with Crippen LogP contribution in [-0.4, -0.2) is 11.0 Å². The molecule has 1 unspecified atom stereocenters. The van der Waals surface area contributed by atoms with Crippen LogP contribution in [0.2, 0.25) is 0 Å². The van der Waals surface area contributed by atoms with Gasteiger partial charge in [-0.1, -0.05) is 52.0 Å². The van der Waals surface area contributed by atoms with Crippen molar-refractivity contribution in [3.8, 4) is 0 Å². The zero-order chi connectivity index (χ0) is 18.2. The molecule has 4 heteroatoms. The predicted molar refractivity (Wildman–Crippen MR) is 102 cm³/mol. The van der Waals surface area contributed by atoms with E-state index >= 15 is 0 Å². The Balaban J connectivity index is 1.96. The Bertz CT molecular complexity index is 651. The number of rotatable bonds is 7. The molecule has 2 aromatic rings. The quantitative estimate of drug-likeness (QED) is 0.781. The smallest absolute Gasteiger partial charge is 0.315 e. The first-order chi connectivity index (χ1) is 12.0. The number of urea groups is 1. The number of nitrogens with one attached hydrogen (secondary N) is 2. The lowest BCUT2D eigenvalue weighted by atomic mass is 9.94. The molecular weight excluding hydrogens is 310 g/mol. The topological polar surface area (TPSA) is 54.0 Å². The van der Waals surface area contributed by atoms with Gasteiger partial charge in [-0.2, -0.15) is 0 Å². The van der Waals surface area contributed by atoms with Crippen molar-refractivity contribution >= 4 is 6.03 Å². The maximum absolute atomic E-state index is 12.3. The number of nitrogens with zero attached hydrogens (tertiary/aromatic N) is 1. The average Bonchev–Trinajstić information content (AvgIpc) is 2.59. The molecule has 2 rings (SSSR count). The summed E-state index contributed by atoms with van der Waals surface area (Å²) in [5.41, 5.74) is 3.51. The summed E-state index contributed by atoms with van der Waals surface area (Å²) in [6.07, 6.45) is 4.53. The molecule has 0 aliphatic rings. The highest BCUT2D eigenvalue weighted by atomic mass is 16.2. The Hall–Kier alpha value is -2.36. The number of hydrogen-bond acceptors (Lipinski definition) is 2. The summed E-state index contributed by atoms with van der Waals surface area (Å²) >= 11 is 0. The Labute approximate surface area is 151 Å². The summed E-state index contributed by atoms with van der Waals surface area (Å²) in [7, 11) is 0. The van der Waals surface area contributed by atoms with Crippen molar-refractivity contribution < 1.29 is 4.79 Å². The molecule has 25 heavy (non-hydrogen) atoms. The van der Waals surface area contributed by atoms with E-state index in [0.29, 0.717) is 18.4 Å². The molecule has 0 radical (unpaired) electrons. The second-order valence-corrected chi connectivity index (χ2v) is 7.24. The minimum atomic E-state index is -0.151. The van der Waals surface area contributed by atoms with Gasteiger partial charge in [0.25, 0.3) is 0 Å². The van der Waals surface area contributed by atoms with Crippen molar-refractivity contribution in [1.82, 2.24) is 15.6 Å². The van der Waals surface area contributed by atoms with Gasteiger partial charge >= 0.3 is 6.03 Å². The van der Waals surface area contributed by atoms with Gasteiger partial charge in [-0.25, -0.2) is 4.79 Å². The summed E-state index contributed by atoms with van der Waals surface area (Å²) in [6, 6.07) is 12.2. The van der Waals surface area contributed by atoms with E-state index in [9.17, 15) is 4.79 Å². The van der Waals surface area contributed by atoms with Crippen LogP contribution in [0, 0.1) is 11.8 Å². The van der Waals surface area contributed by atoms with Crippen LogP contribution in [0.4, 0.5) is 4.79 Å². The standard InChI is InChI=1S/C21H29N3O/c1-15(2)13-17-5-7-19(8-6-17)20(16(3)4)24-21(25)23-14-18-9-11-22-12-10-18/h5-12,15-16,20H,13-14H2,1-4H3,(H2,23,24,25). The lowest BCUT2D eigenvalue weighted by Crippen LogP contribution is -2.39. The lowest BCUT2D eigenvalue weighted by molar-refractivity contribution is 0.232. The van der Waals surface area contributed by atoms with Crippen LogP contribution >= 0.6 is 0 Å². The van der Waals surface area contributed by atoms with Gasteiger partial charge in [0.1, 0.15) is 0 Å². The van der Waals surface area contributed by atoms with Gasteiger partial charge < -0.3 is 10.6 Å². The van der Waals surface area contributed by atoms with E-state index in [-0.39, 0.29) is 12.1 Å². The molecule has 0 spiro atoms. The van der Waals surface area contributed by atoms with Crippen LogP contribution in [-0.2, 0) is 13.0 Å². The van der Waals surface area contributed by atoms with Gasteiger partial charge in [-0.05, 0) is 47.1 Å². The van der Waals surface area contributed by atoms with E-state index in [1.54, 1.807) is 12.4 Å². The number of aromatic nitrogens is 1. The summed E-state index contributed by atoms with van der Waals surface area (Å²) < 4.78 is 0. The fraction of sp³-hybridized carbons (Fsp3) is 0.429. The van der Waals surface area contributed by atoms with E-state index in [1.807, 2.05) is 12.1 Å². The lowest BCUT2D eigenvalue weighted by Gasteiger charge is -2.23. The van der Waals surface area contributed by atoms with Crippen LogP contribution in [0.1, 0.15) is 50.4 Å². The highest BCUT2D eigenvalue weighted by Gasteiger charge is 2.18. The van der Waals surface area contributed by atoms with Crippen molar-refractivity contribution in [3.63, 3.8) is 0 Å². The third-order valence-corrected chi connectivity index (χ3v) is 4.14. The van der Waals surface area contributed by atoms with Gasteiger partial charge in [0, 0.05) is 18.9 Å². The third-order valence-electron chi connectivity index (χ3n) is 4.14. The molecule has 1 heterocycles. The van der Waals surface area contributed by atoms with Gasteiger partial charge in [0.05, 0.1) is 6.04 Å². The molecule has 1 aromatic carbocycles. The van der Waals surface area contributed by atoms with Crippen LogP contribution in [0.25, 0.3) is 0 Å². The number of hydrogen-bond donors (Lipinski definition) is 2. The van der Waals surface area contributed by atoms with Crippen molar-refractivity contribution in [1.29, 1.82) is 0 Å². The first kappa shape index (κ1) is 19.0. The molecule has 4 nitrogen and oxygen atoms in total. The van der Waals surface area contributed by atoms with Crippen molar-refractivity contribution in [2.24, 2.45) is 11.8 Å². The summed E-state index contributed by atoms with van der Waals surface area (Å²) in [4.78, 5) is 16.3. The molecule has 134 valence electrons. The van der Waals surface area contributed by atoms with E-state index in [1.165, 1.54) is 5.56 Å². The number of amides is 2. The Morgan fingerprint density at radius 3 is 2.16 bits per heavy atom. The average molecular weight is 339 g/mol. The minimum Gasteiger partial charge on any atom is -0.334 e. The minimum absolute atomic E-state index is 0.00876. The molecule has 2 amide bonds. The van der Waals surface area contributed by atoms with Crippen molar-refractivity contribution in [2.75, 3.05) is 0 Å². The molecule has 1 aromatic heterocycles. The highest BCUT2D eigenvalue weighted by molar-refractivity contribution is 5.74. The van der Waals surface area contributed by atoms with Gasteiger partial charge in [-0.15, -0.1) is 0 Å². The monoisotopic (exact) mass is 339 g/mol. The highest BCUT2D eigenvalue weighted by Crippen LogP contribution is 2.22. The maximum Gasteiger partial charge on any atom is 0.315 e. The number of carbonyl (C=O) groups is 1. The van der Waals surface area contributed by atoms with E-state index in [4.69, 9.17) is 0 Å². The fourth-order valence-electron chi connectivity index (χ4n) is 2.84. The number of carbonyl (C=O) groups excluding carboxylic acids is 1. The molecule has 0 saturated carbocycles. The first-order valence-corrected chi connectivity index (χ1v) is 8.97. The maximum atomic E-state index is 12.3. The molecule has 1 atom stereocenters. The normalized spacial score (nSPS) is 12.2. The zero-order valence-corrected chi connectivity index (χ0v) is 15.6. The second kappa shape index (κ2) is 9.21. The number of pyridine rings is 1. The SMILES string of the molecule is CC(C)Cc1ccc(C(NC(=O)NCc2ccncc2)C(C)C)cc1. The molecule has 0 saturated heterocycles. The second-order valence-electron chi connectivity index (χ2n) is 7.24. The molecule has 0 aliphatic carbocycles. The Morgan fingerprint density at radius 2 is 1.60 bits per heavy atom.